The summed E-state index contributed by atoms with van der Waals surface area (Å²) >= 11 is 0. The molecule has 1 rings (SSSR count). The lowest BCUT2D eigenvalue weighted by atomic mass is 9.93. The summed E-state index contributed by atoms with van der Waals surface area (Å²) in [6, 6.07) is 8.18. The molecule has 3 heteroatoms. The molecule has 0 radical (unpaired) electrons. The maximum Gasteiger partial charge on any atom is 0.313 e. The van der Waals surface area contributed by atoms with Gasteiger partial charge in [0.2, 0.25) is 0 Å². The molecule has 0 amide bonds. The molecule has 47 heavy (non-hydrogen) atoms. The number of hydrogen-bond donors (Lipinski definition) is 0. The van der Waals surface area contributed by atoms with Crippen LogP contribution in [0.25, 0.3) is 0 Å². The molecule has 1 atom stereocenters. The highest BCUT2D eigenvalue weighted by Gasteiger charge is 2.21. The Morgan fingerprint density at radius 1 is 0.532 bits per heavy atom. The third-order valence-corrected chi connectivity index (χ3v) is 9.28. The largest absolute Gasteiger partial charge is 0.494 e. The van der Waals surface area contributed by atoms with Gasteiger partial charge in [0.1, 0.15) is 5.75 Å². The van der Waals surface area contributed by atoms with Gasteiger partial charge in [-0.25, -0.2) is 0 Å². The minimum atomic E-state index is -0.183. The van der Waals surface area contributed by atoms with Gasteiger partial charge in [0.15, 0.2) is 0 Å². The van der Waals surface area contributed by atoms with Crippen molar-refractivity contribution in [3.63, 3.8) is 0 Å². The third kappa shape index (κ3) is 26.6. The molecule has 0 spiro atoms. The monoisotopic (exact) mass is 653 g/mol. The number of carbonyl (C=O) groups is 1. The number of carbonyl (C=O) groups excluding carboxylic acids is 1. The van der Waals surface area contributed by atoms with E-state index in [2.05, 4.69) is 50.3 Å². The zero-order valence-corrected chi connectivity index (χ0v) is 31.4. The SMILES string of the molecule is CCCCCCCCC=CCCCCCCCCOc1ccc(C(CCCCCCC=CCCCCCCCC)C(=O)OCC)cc1. The van der Waals surface area contributed by atoms with Gasteiger partial charge in [-0.1, -0.05) is 159 Å². The number of benzene rings is 1. The lowest BCUT2D eigenvalue weighted by molar-refractivity contribution is -0.145. The van der Waals surface area contributed by atoms with Crippen molar-refractivity contribution in [3.05, 3.63) is 54.1 Å². The Kier molecular flexibility index (Phi) is 31.0. The van der Waals surface area contributed by atoms with E-state index in [4.69, 9.17) is 9.47 Å². The Hall–Kier alpha value is -2.03. The third-order valence-electron chi connectivity index (χ3n) is 9.28. The standard InChI is InChI=1S/C44H76O3/c1-4-7-9-11-13-15-17-19-21-22-24-26-28-30-32-34-40-47-42-38-36-41(37-39-42)43(44(45)46-6-3)35-33-31-29-27-25-23-20-18-16-14-12-10-8-5-2/h19-21,23,36-39,43H,4-18,22,24-35,40H2,1-3H3. The molecule has 1 unspecified atom stereocenters. The lowest BCUT2D eigenvalue weighted by Crippen LogP contribution is -2.16. The summed E-state index contributed by atoms with van der Waals surface area (Å²) in [5, 5.41) is 0. The molecule has 0 saturated carbocycles. The van der Waals surface area contributed by atoms with Crippen LogP contribution in [0.15, 0.2) is 48.6 Å². The normalized spacial score (nSPS) is 12.3. The van der Waals surface area contributed by atoms with Gasteiger partial charge in [-0.15, -0.1) is 0 Å². The number of esters is 1. The van der Waals surface area contributed by atoms with Crippen molar-refractivity contribution in [1.82, 2.24) is 0 Å². The van der Waals surface area contributed by atoms with Crippen LogP contribution in [0.3, 0.4) is 0 Å². The summed E-state index contributed by atoms with van der Waals surface area (Å²) in [5.74, 6) is 0.619. The van der Waals surface area contributed by atoms with E-state index in [1.807, 2.05) is 19.1 Å². The number of ether oxygens (including phenoxy) is 2. The van der Waals surface area contributed by atoms with Gasteiger partial charge in [-0.2, -0.15) is 0 Å². The Morgan fingerprint density at radius 3 is 1.38 bits per heavy atom. The lowest BCUT2D eigenvalue weighted by Gasteiger charge is -2.16. The van der Waals surface area contributed by atoms with Gasteiger partial charge in [0, 0.05) is 0 Å². The molecular formula is C44H76O3. The summed E-state index contributed by atoms with van der Waals surface area (Å²) in [7, 11) is 0. The Morgan fingerprint density at radius 2 is 0.936 bits per heavy atom. The van der Waals surface area contributed by atoms with Crippen LogP contribution >= 0.6 is 0 Å². The summed E-state index contributed by atoms with van der Waals surface area (Å²) in [6.45, 7) is 7.64. The predicted molar refractivity (Wildman–Crippen MR) is 206 cm³/mol. The molecule has 0 saturated heterocycles. The van der Waals surface area contributed by atoms with Gasteiger partial charge in [0.25, 0.3) is 0 Å². The van der Waals surface area contributed by atoms with Crippen LogP contribution < -0.4 is 4.74 Å². The van der Waals surface area contributed by atoms with Crippen LogP contribution in [0.5, 0.6) is 5.75 Å². The van der Waals surface area contributed by atoms with Gasteiger partial charge in [-0.3, -0.25) is 4.79 Å². The topological polar surface area (TPSA) is 35.5 Å². The highest BCUT2D eigenvalue weighted by atomic mass is 16.5. The predicted octanol–water partition coefficient (Wildman–Crippen LogP) is 14.4. The van der Waals surface area contributed by atoms with Crippen molar-refractivity contribution in [1.29, 1.82) is 0 Å². The first-order chi connectivity index (χ1) is 23.2. The average molecular weight is 653 g/mol. The first kappa shape index (κ1) is 43.0. The molecule has 0 heterocycles. The molecule has 1 aromatic rings. The summed E-state index contributed by atoms with van der Waals surface area (Å²) < 4.78 is 11.5. The number of unbranched alkanes of at least 4 members (excludes halogenated alkanes) is 22. The second kappa shape index (κ2) is 33.9. The highest BCUT2D eigenvalue weighted by molar-refractivity contribution is 5.78. The van der Waals surface area contributed by atoms with Crippen LogP contribution in [0.1, 0.15) is 206 Å². The van der Waals surface area contributed by atoms with Gasteiger partial charge in [0.05, 0.1) is 19.1 Å². The molecule has 270 valence electrons. The second-order valence-corrected chi connectivity index (χ2v) is 13.7. The molecular weight excluding hydrogens is 576 g/mol. The zero-order valence-electron chi connectivity index (χ0n) is 31.4. The van der Waals surface area contributed by atoms with Crippen LogP contribution in [0.2, 0.25) is 0 Å². The van der Waals surface area contributed by atoms with Crippen molar-refractivity contribution in [2.45, 2.75) is 200 Å². The second-order valence-electron chi connectivity index (χ2n) is 13.7. The van der Waals surface area contributed by atoms with Crippen molar-refractivity contribution < 1.29 is 14.3 Å². The fourth-order valence-electron chi connectivity index (χ4n) is 6.24. The molecule has 3 nitrogen and oxygen atoms in total. The quantitative estimate of drug-likeness (QED) is 0.0422. The van der Waals surface area contributed by atoms with Crippen LogP contribution in [-0.4, -0.2) is 19.2 Å². The van der Waals surface area contributed by atoms with E-state index in [9.17, 15) is 4.79 Å². The molecule has 0 aliphatic carbocycles. The van der Waals surface area contributed by atoms with Gasteiger partial charge >= 0.3 is 5.97 Å². The maximum atomic E-state index is 12.8. The summed E-state index contributed by atoms with van der Waals surface area (Å²) in [6.07, 6.45) is 44.1. The fraction of sp³-hybridized carbons (Fsp3) is 0.750. The van der Waals surface area contributed by atoms with E-state index >= 15 is 0 Å². The highest BCUT2D eigenvalue weighted by Crippen LogP contribution is 2.27. The minimum Gasteiger partial charge on any atom is -0.494 e. The van der Waals surface area contributed by atoms with E-state index in [1.165, 1.54) is 154 Å². The first-order valence-electron chi connectivity index (χ1n) is 20.4. The smallest absolute Gasteiger partial charge is 0.313 e. The number of hydrogen-bond acceptors (Lipinski definition) is 3. The van der Waals surface area contributed by atoms with Crippen molar-refractivity contribution in [2.24, 2.45) is 0 Å². The van der Waals surface area contributed by atoms with E-state index < -0.39 is 0 Å². The van der Waals surface area contributed by atoms with Gasteiger partial charge in [-0.05, 0) is 88.8 Å². The van der Waals surface area contributed by atoms with Crippen molar-refractivity contribution >= 4 is 5.97 Å². The van der Waals surface area contributed by atoms with Crippen molar-refractivity contribution in [2.75, 3.05) is 13.2 Å². The average Bonchev–Trinajstić information content (AvgIpc) is 3.08. The molecule has 0 fully saturated rings. The summed E-state index contributed by atoms with van der Waals surface area (Å²) in [4.78, 5) is 12.8. The van der Waals surface area contributed by atoms with Crippen molar-refractivity contribution in [3.8, 4) is 5.75 Å². The van der Waals surface area contributed by atoms with Crippen LogP contribution in [0.4, 0.5) is 0 Å². The Bertz CT molecular complexity index is 855. The maximum absolute atomic E-state index is 12.8. The first-order valence-corrected chi connectivity index (χ1v) is 20.4. The Labute approximate surface area is 292 Å². The van der Waals surface area contributed by atoms with Crippen LogP contribution in [-0.2, 0) is 9.53 Å². The van der Waals surface area contributed by atoms with E-state index in [0.717, 1.165) is 37.2 Å². The molecule has 0 aliphatic rings. The van der Waals surface area contributed by atoms with E-state index in [-0.39, 0.29) is 11.9 Å². The molecule has 1 aromatic carbocycles. The zero-order chi connectivity index (χ0) is 33.9. The van der Waals surface area contributed by atoms with Crippen LogP contribution in [0, 0.1) is 0 Å². The molecule has 0 aromatic heterocycles. The molecule has 0 aliphatic heterocycles. The minimum absolute atomic E-state index is 0.0945. The van der Waals surface area contributed by atoms with E-state index in [1.54, 1.807) is 0 Å². The van der Waals surface area contributed by atoms with Gasteiger partial charge < -0.3 is 9.47 Å². The molecule has 0 N–H and O–H groups in total. The molecule has 0 bridgehead atoms. The van der Waals surface area contributed by atoms with E-state index in [0.29, 0.717) is 6.61 Å². The number of allylic oxidation sites excluding steroid dienone is 4. The summed E-state index contributed by atoms with van der Waals surface area (Å²) in [5.41, 5.74) is 1.05. The Balaban J connectivity index is 2.14. The fourth-order valence-corrected chi connectivity index (χ4v) is 6.24. The number of rotatable bonds is 34.